The fourth-order valence-electron chi connectivity index (χ4n) is 2.64. The number of hydrogen-bond acceptors (Lipinski definition) is 4. The fraction of sp³-hybridized carbons (Fsp3) is 0.333. The van der Waals surface area contributed by atoms with Crippen LogP contribution in [0.1, 0.15) is 42.6 Å². The van der Waals surface area contributed by atoms with Crippen LogP contribution in [0.4, 0.5) is 5.69 Å². The van der Waals surface area contributed by atoms with Gasteiger partial charge in [0.15, 0.2) is 5.69 Å². The predicted molar refractivity (Wildman–Crippen MR) is 96.5 cm³/mol. The Morgan fingerprint density at radius 3 is 2.52 bits per heavy atom. The molecule has 0 radical (unpaired) electrons. The summed E-state index contributed by atoms with van der Waals surface area (Å²) in [5.41, 5.74) is 4.53. The van der Waals surface area contributed by atoms with Crippen molar-refractivity contribution in [1.82, 2.24) is 25.2 Å². The van der Waals surface area contributed by atoms with E-state index in [-0.39, 0.29) is 17.1 Å². The summed E-state index contributed by atoms with van der Waals surface area (Å²) in [4.78, 5) is 12.6. The van der Waals surface area contributed by atoms with Crippen LogP contribution in [0.25, 0.3) is 11.1 Å². The predicted octanol–water partition coefficient (Wildman–Crippen LogP) is 3.29. The molecule has 130 valence electrons. The van der Waals surface area contributed by atoms with E-state index in [4.69, 9.17) is 0 Å². The molecule has 0 fully saturated rings. The second kappa shape index (κ2) is 6.16. The maximum Gasteiger partial charge on any atom is 0.277 e. The average Bonchev–Trinajstić information content (AvgIpc) is 3.16. The van der Waals surface area contributed by atoms with Crippen LogP contribution in [-0.4, -0.2) is 31.1 Å². The van der Waals surface area contributed by atoms with E-state index in [1.165, 1.54) is 0 Å². The molecule has 7 heteroatoms. The van der Waals surface area contributed by atoms with Crippen molar-refractivity contribution in [3.05, 3.63) is 47.5 Å². The fourth-order valence-corrected chi connectivity index (χ4v) is 2.64. The van der Waals surface area contributed by atoms with E-state index in [2.05, 4.69) is 25.8 Å². The van der Waals surface area contributed by atoms with E-state index in [0.717, 1.165) is 22.5 Å². The van der Waals surface area contributed by atoms with Gasteiger partial charge in [0.2, 0.25) is 0 Å². The van der Waals surface area contributed by atoms with E-state index in [9.17, 15) is 4.79 Å². The molecule has 3 rings (SSSR count). The number of nitrogens with zero attached hydrogens (tertiary/aromatic N) is 4. The minimum atomic E-state index is -0.290. The number of hydrogen-bond donors (Lipinski definition) is 2. The summed E-state index contributed by atoms with van der Waals surface area (Å²) in [6.07, 6.45) is 1.66. The number of rotatable bonds is 3. The first kappa shape index (κ1) is 16.9. The Bertz CT molecular complexity index is 896. The quantitative estimate of drug-likeness (QED) is 0.767. The highest BCUT2D eigenvalue weighted by Crippen LogP contribution is 2.32. The second-order valence-electron chi connectivity index (χ2n) is 7.03. The summed E-state index contributed by atoms with van der Waals surface area (Å²) in [5, 5.41) is 18.2. The van der Waals surface area contributed by atoms with E-state index in [0.29, 0.717) is 5.69 Å². The second-order valence-corrected chi connectivity index (χ2v) is 7.03. The Morgan fingerprint density at radius 1 is 1.20 bits per heavy atom. The molecule has 0 aliphatic carbocycles. The Kier molecular flexibility index (Phi) is 4.16. The van der Waals surface area contributed by atoms with Gasteiger partial charge in [-0.3, -0.25) is 9.89 Å². The van der Waals surface area contributed by atoms with Crippen LogP contribution in [0.5, 0.6) is 0 Å². The van der Waals surface area contributed by atoms with Crippen LogP contribution in [0.3, 0.4) is 0 Å². The van der Waals surface area contributed by atoms with Crippen molar-refractivity contribution < 1.29 is 4.79 Å². The third-order valence-corrected chi connectivity index (χ3v) is 3.99. The highest BCUT2D eigenvalue weighted by Gasteiger charge is 2.20. The highest BCUT2D eigenvalue weighted by molar-refractivity contribution is 6.05. The Labute approximate surface area is 146 Å². The Balaban J connectivity index is 1.92. The monoisotopic (exact) mass is 338 g/mol. The highest BCUT2D eigenvalue weighted by atomic mass is 16.2. The number of benzene rings is 1. The number of para-hydroxylation sites is 1. The van der Waals surface area contributed by atoms with Gasteiger partial charge in [-0.05, 0) is 40.7 Å². The molecule has 0 saturated heterocycles. The number of aromatic amines is 1. The zero-order valence-corrected chi connectivity index (χ0v) is 15.1. The number of carbonyl (C=O) groups is 1. The summed E-state index contributed by atoms with van der Waals surface area (Å²) in [6, 6.07) is 7.66. The molecule has 2 heterocycles. The molecular formula is C18H22N6O. The SMILES string of the molecule is Cc1n[nH]c(C)c1-c1ccccc1NC(=O)c1cn(C(C)(C)C)nn1. The standard InChI is InChI=1S/C18H22N6O/c1-11-16(12(2)21-20-11)13-8-6-7-9-14(13)19-17(25)15-10-24(23-22-15)18(3,4)5/h6-10H,1-5H3,(H,19,25)(H,20,21). The smallest absolute Gasteiger partial charge is 0.277 e. The summed E-state index contributed by atoms with van der Waals surface area (Å²) < 4.78 is 1.68. The molecule has 0 unspecified atom stereocenters. The molecule has 2 N–H and O–H groups in total. The van der Waals surface area contributed by atoms with Crippen molar-refractivity contribution in [3.63, 3.8) is 0 Å². The van der Waals surface area contributed by atoms with Crippen LogP contribution < -0.4 is 5.32 Å². The number of aromatic nitrogens is 5. The van der Waals surface area contributed by atoms with Crippen molar-refractivity contribution in [2.45, 2.75) is 40.2 Å². The van der Waals surface area contributed by atoms with Gasteiger partial charge in [0, 0.05) is 22.5 Å². The molecule has 1 amide bonds. The van der Waals surface area contributed by atoms with E-state index >= 15 is 0 Å². The molecule has 0 bridgehead atoms. The lowest BCUT2D eigenvalue weighted by atomic mass is 10.0. The number of amides is 1. The van der Waals surface area contributed by atoms with Gasteiger partial charge in [-0.15, -0.1) is 5.10 Å². The largest absolute Gasteiger partial charge is 0.320 e. The maximum atomic E-state index is 12.6. The van der Waals surface area contributed by atoms with Gasteiger partial charge in [0.25, 0.3) is 5.91 Å². The molecule has 25 heavy (non-hydrogen) atoms. The van der Waals surface area contributed by atoms with E-state index < -0.39 is 0 Å². The van der Waals surface area contributed by atoms with Gasteiger partial charge in [-0.25, -0.2) is 4.68 Å². The molecule has 2 aromatic heterocycles. The first-order valence-electron chi connectivity index (χ1n) is 8.12. The lowest BCUT2D eigenvalue weighted by molar-refractivity contribution is 0.102. The third-order valence-electron chi connectivity index (χ3n) is 3.99. The van der Waals surface area contributed by atoms with Crippen LogP contribution >= 0.6 is 0 Å². The molecule has 0 spiro atoms. The maximum absolute atomic E-state index is 12.6. The number of nitrogens with one attached hydrogen (secondary N) is 2. The lowest BCUT2D eigenvalue weighted by Crippen LogP contribution is -2.22. The average molecular weight is 338 g/mol. The van der Waals surface area contributed by atoms with Gasteiger partial charge >= 0.3 is 0 Å². The molecule has 1 aromatic carbocycles. The minimum Gasteiger partial charge on any atom is -0.320 e. The van der Waals surface area contributed by atoms with E-state index in [1.54, 1.807) is 10.9 Å². The van der Waals surface area contributed by atoms with E-state index in [1.807, 2.05) is 58.9 Å². The van der Waals surface area contributed by atoms with Crippen LogP contribution in [-0.2, 0) is 5.54 Å². The molecular weight excluding hydrogens is 316 g/mol. The van der Waals surface area contributed by atoms with Crippen molar-refractivity contribution >= 4 is 11.6 Å². The summed E-state index contributed by atoms with van der Waals surface area (Å²) in [7, 11) is 0. The van der Waals surface area contributed by atoms with Gasteiger partial charge in [-0.2, -0.15) is 5.10 Å². The Morgan fingerprint density at radius 2 is 1.92 bits per heavy atom. The van der Waals surface area contributed by atoms with Crippen molar-refractivity contribution in [3.8, 4) is 11.1 Å². The normalized spacial score (nSPS) is 11.6. The van der Waals surface area contributed by atoms with Gasteiger partial charge in [-0.1, -0.05) is 23.4 Å². The van der Waals surface area contributed by atoms with Crippen molar-refractivity contribution in [1.29, 1.82) is 0 Å². The number of H-pyrrole nitrogens is 1. The zero-order chi connectivity index (χ0) is 18.2. The Hall–Kier alpha value is -2.96. The topological polar surface area (TPSA) is 88.5 Å². The lowest BCUT2D eigenvalue weighted by Gasteiger charge is -2.17. The summed E-state index contributed by atoms with van der Waals surface area (Å²) >= 11 is 0. The molecule has 0 saturated carbocycles. The third kappa shape index (κ3) is 3.31. The van der Waals surface area contributed by atoms with Gasteiger partial charge in [0.1, 0.15) is 0 Å². The first-order chi connectivity index (χ1) is 11.8. The summed E-state index contributed by atoms with van der Waals surface area (Å²) in [5.74, 6) is -0.290. The first-order valence-corrected chi connectivity index (χ1v) is 8.12. The van der Waals surface area contributed by atoms with Gasteiger partial charge in [0.05, 0.1) is 17.4 Å². The molecule has 0 aliphatic rings. The molecule has 0 aliphatic heterocycles. The molecule has 3 aromatic rings. The number of aryl methyl sites for hydroxylation is 2. The molecule has 0 atom stereocenters. The van der Waals surface area contributed by atoms with Gasteiger partial charge < -0.3 is 5.32 Å². The number of carbonyl (C=O) groups excluding carboxylic acids is 1. The van der Waals surface area contributed by atoms with Crippen LogP contribution in [0.2, 0.25) is 0 Å². The van der Waals surface area contributed by atoms with Crippen LogP contribution in [0, 0.1) is 13.8 Å². The molecule has 7 nitrogen and oxygen atoms in total. The van der Waals surface area contributed by atoms with Crippen LogP contribution in [0.15, 0.2) is 30.5 Å². The van der Waals surface area contributed by atoms with Crippen molar-refractivity contribution in [2.75, 3.05) is 5.32 Å². The number of anilines is 1. The van der Waals surface area contributed by atoms with Crippen molar-refractivity contribution in [2.24, 2.45) is 0 Å². The summed E-state index contributed by atoms with van der Waals surface area (Å²) in [6.45, 7) is 9.91. The zero-order valence-electron chi connectivity index (χ0n) is 15.1. The minimum absolute atomic E-state index is 0.228.